The van der Waals surface area contributed by atoms with Crippen LogP contribution in [0.25, 0.3) is 5.57 Å². The van der Waals surface area contributed by atoms with Gasteiger partial charge in [0.05, 0.1) is 28.9 Å². The number of carbonyl (C=O) groups is 5. The van der Waals surface area contributed by atoms with Crippen LogP contribution in [0.15, 0.2) is 6.26 Å². The third-order valence-electron chi connectivity index (χ3n) is 7.92. The minimum absolute atomic E-state index is 0.0733. The summed E-state index contributed by atoms with van der Waals surface area (Å²) >= 11 is 0. The SMILES string of the molecule is CO[C@@]12C(=COC(N)=O)c3c(O)c(NCCSSCC(NC(=O)C(CC(=O)O)NC=O)C(=O)O)c(C)c(O)c3N1C[C@H](C)[C@@H]2C. The van der Waals surface area contributed by atoms with Gasteiger partial charge in [-0.1, -0.05) is 35.4 Å². The van der Waals surface area contributed by atoms with E-state index in [1.165, 1.54) is 17.9 Å². The van der Waals surface area contributed by atoms with E-state index in [1.807, 2.05) is 18.7 Å². The fraction of sp³-hybridized carbons (Fsp3) is 0.519. The fourth-order valence-electron chi connectivity index (χ4n) is 5.59. The van der Waals surface area contributed by atoms with Crippen molar-refractivity contribution in [2.24, 2.45) is 17.6 Å². The Bertz CT molecular complexity index is 1380. The van der Waals surface area contributed by atoms with Gasteiger partial charge in [0.2, 0.25) is 12.3 Å². The Morgan fingerprint density at radius 3 is 2.42 bits per heavy atom. The average molecular weight is 672 g/mol. The van der Waals surface area contributed by atoms with Gasteiger partial charge in [0.15, 0.2) is 5.72 Å². The van der Waals surface area contributed by atoms with E-state index < -0.39 is 48.2 Å². The van der Waals surface area contributed by atoms with Crippen LogP contribution in [0.5, 0.6) is 11.5 Å². The van der Waals surface area contributed by atoms with Crippen molar-refractivity contribution in [1.82, 2.24) is 10.6 Å². The summed E-state index contributed by atoms with van der Waals surface area (Å²) in [6, 6.07) is -2.78. The molecular weight excluding hydrogens is 634 g/mol. The van der Waals surface area contributed by atoms with Crippen molar-refractivity contribution in [3.8, 4) is 11.5 Å². The summed E-state index contributed by atoms with van der Waals surface area (Å²) in [4.78, 5) is 59.0. The number of rotatable bonds is 16. The highest BCUT2D eigenvalue weighted by atomic mass is 33.1. The van der Waals surface area contributed by atoms with Crippen LogP contribution in [-0.4, -0.2) is 100 Å². The number of nitrogens with two attached hydrogens (primary N) is 1. The van der Waals surface area contributed by atoms with Gasteiger partial charge >= 0.3 is 18.0 Å². The molecule has 0 aromatic heterocycles. The van der Waals surface area contributed by atoms with E-state index in [9.17, 15) is 39.3 Å². The Balaban J connectivity index is 1.72. The van der Waals surface area contributed by atoms with Gasteiger partial charge in [-0.2, -0.15) is 0 Å². The number of primary amides is 1. The molecule has 3 amide bonds. The van der Waals surface area contributed by atoms with Crippen LogP contribution in [0, 0.1) is 18.8 Å². The maximum Gasteiger partial charge on any atom is 0.409 e. The van der Waals surface area contributed by atoms with Gasteiger partial charge < -0.3 is 56.5 Å². The molecule has 2 aliphatic rings. The van der Waals surface area contributed by atoms with Gasteiger partial charge in [-0.25, -0.2) is 9.59 Å². The summed E-state index contributed by atoms with van der Waals surface area (Å²) in [7, 11) is 3.89. The lowest BCUT2D eigenvalue weighted by Gasteiger charge is -2.36. The van der Waals surface area contributed by atoms with Crippen molar-refractivity contribution in [2.45, 2.75) is 45.0 Å². The number of fused-ring (bicyclic) bond motifs is 3. The van der Waals surface area contributed by atoms with Crippen molar-refractivity contribution < 1.29 is 53.9 Å². The number of aromatic hydroxyl groups is 2. The molecule has 0 bridgehead atoms. The van der Waals surface area contributed by atoms with Crippen LogP contribution in [0.3, 0.4) is 0 Å². The van der Waals surface area contributed by atoms with Crippen LogP contribution in [0.1, 0.15) is 31.4 Å². The van der Waals surface area contributed by atoms with Crippen molar-refractivity contribution in [3.63, 3.8) is 0 Å². The van der Waals surface area contributed by atoms with E-state index in [2.05, 4.69) is 16.0 Å². The molecule has 16 nitrogen and oxygen atoms in total. The van der Waals surface area contributed by atoms with Gasteiger partial charge in [-0.3, -0.25) is 14.4 Å². The van der Waals surface area contributed by atoms with Gasteiger partial charge in [-0.15, -0.1) is 0 Å². The second-order valence-electron chi connectivity index (χ2n) is 10.5. The second kappa shape index (κ2) is 14.8. The van der Waals surface area contributed by atoms with Crippen LogP contribution < -0.4 is 26.6 Å². The van der Waals surface area contributed by atoms with E-state index in [1.54, 1.807) is 6.92 Å². The van der Waals surface area contributed by atoms with Crippen LogP contribution in [-0.2, 0) is 28.7 Å². The molecule has 2 aliphatic heterocycles. The zero-order valence-electron chi connectivity index (χ0n) is 25.0. The van der Waals surface area contributed by atoms with Crippen molar-refractivity contribution >= 4 is 68.9 Å². The summed E-state index contributed by atoms with van der Waals surface area (Å²) < 4.78 is 11.0. The number of carboxylic acid groups (broad SMARTS) is 2. The Hall–Kier alpha value is -4.03. The zero-order chi connectivity index (χ0) is 33.6. The normalized spacial score (nSPS) is 22.2. The summed E-state index contributed by atoms with van der Waals surface area (Å²) in [6.45, 7) is 6.38. The zero-order valence-corrected chi connectivity index (χ0v) is 26.6. The summed E-state index contributed by atoms with van der Waals surface area (Å²) in [5, 5.41) is 48.6. The first kappa shape index (κ1) is 35.4. The molecule has 1 aromatic carbocycles. The monoisotopic (exact) mass is 671 g/mol. The molecule has 3 rings (SSSR count). The third kappa shape index (κ3) is 7.12. The Morgan fingerprint density at radius 2 is 1.84 bits per heavy atom. The average Bonchev–Trinajstić information content (AvgIpc) is 3.40. The lowest BCUT2D eigenvalue weighted by molar-refractivity contribution is -0.142. The van der Waals surface area contributed by atoms with Gasteiger partial charge in [0, 0.05) is 43.2 Å². The lowest BCUT2D eigenvalue weighted by Crippen LogP contribution is -2.51. The first-order valence-corrected chi connectivity index (χ1v) is 16.2. The molecule has 18 heteroatoms. The maximum atomic E-state index is 12.3. The minimum atomic E-state index is -1.43. The van der Waals surface area contributed by atoms with E-state index in [0.29, 0.717) is 29.1 Å². The molecule has 2 heterocycles. The number of ether oxygens (including phenoxy) is 2. The maximum absolute atomic E-state index is 12.3. The standard InChI is InChI=1S/C27H37N5O11S2/c1-12-8-32-21-19(15(9-43-26(28)41)27(32,42-4)14(12)3)23(37)20(13(2)22(21)36)29-5-6-44-45-10-17(25(39)40)31-24(38)16(30-11-33)7-18(34)35/h9,11-12,14,16-17,29,36-37H,5-8,10H2,1-4H3,(H2,28,41)(H,30,33)(H,31,38)(H,34,35)(H,39,40)/t12-,14-,16?,17?,27-/m0/s1. The predicted octanol–water partition coefficient (Wildman–Crippen LogP) is 1.24. The second-order valence-corrected chi connectivity index (χ2v) is 13.2. The number of carboxylic acids is 2. The molecule has 0 aliphatic carbocycles. The van der Waals surface area contributed by atoms with Gasteiger partial charge in [0.1, 0.15) is 29.8 Å². The van der Waals surface area contributed by atoms with Crippen molar-refractivity contribution in [3.05, 3.63) is 17.4 Å². The number of aliphatic carboxylic acids is 2. The van der Waals surface area contributed by atoms with E-state index in [0.717, 1.165) is 17.1 Å². The number of anilines is 2. The van der Waals surface area contributed by atoms with Crippen molar-refractivity contribution in [2.75, 3.05) is 41.9 Å². The smallest absolute Gasteiger partial charge is 0.409 e. The van der Waals surface area contributed by atoms with Crippen LogP contribution in [0.4, 0.5) is 16.2 Å². The lowest BCUT2D eigenvalue weighted by atomic mass is 9.84. The van der Waals surface area contributed by atoms with Crippen LogP contribution in [0.2, 0.25) is 0 Å². The first-order valence-electron chi connectivity index (χ1n) is 13.7. The summed E-state index contributed by atoms with van der Waals surface area (Å²) in [5.41, 5.74) is 5.58. The number of phenols is 2. The van der Waals surface area contributed by atoms with Gasteiger partial charge in [0.25, 0.3) is 0 Å². The van der Waals surface area contributed by atoms with Crippen LogP contribution >= 0.6 is 21.6 Å². The van der Waals surface area contributed by atoms with Gasteiger partial charge in [-0.05, 0) is 12.8 Å². The topological polar surface area (TPSA) is 250 Å². The van der Waals surface area contributed by atoms with E-state index in [4.69, 9.17) is 20.3 Å². The highest BCUT2D eigenvalue weighted by Gasteiger charge is 2.60. The molecule has 0 radical (unpaired) electrons. The highest BCUT2D eigenvalue weighted by molar-refractivity contribution is 8.76. The van der Waals surface area contributed by atoms with Crippen molar-refractivity contribution in [1.29, 1.82) is 0 Å². The number of phenolic OH excluding ortho intramolecular Hbond substituents is 2. The molecule has 1 fully saturated rings. The number of amides is 3. The number of benzene rings is 1. The molecule has 45 heavy (non-hydrogen) atoms. The molecule has 248 valence electrons. The molecule has 0 saturated carbocycles. The number of methoxy groups -OCH3 is 1. The highest BCUT2D eigenvalue weighted by Crippen LogP contribution is 2.63. The first-order chi connectivity index (χ1) is 21.2. The third-order valence-corrected chi connectivity index (χ3v) is 10.3. The molecule has 1 aromatic rings. The Kier molecular flexibility index (Phi) is 11.7. The summed E-state index contributed by atoms with van der Waals surface area (Å²) in [5.74, 6) is -3.61. The molecule has 1 saturated heterocycles. The number of hydrogen-bond acceptors (Lipinski definition) is 13. The largest absolute Gasteiger partial charge is 0.505 e. The quantitative estimate of drug-likeness (QED) is 0.0307. The predicted molar refractivity (Wildman–Crippen MR) is 167 cm³/mol. The number of hydrogen-bond donors (Lipinski definition) is 8. The summed E-state index contributed by atoms with van der Waals surface area (Å²) in [6.07, 6.45) is -0.473. The minimum Gasteiger partial charge on any atom is -0.505 e. The molecule has 0 spiro atoms. The molecular formula is C27H37N5O11S2. The number of nitrogens with one attached hydrogen (secondary N) is 3. The fourth-order valence-corrected chi connectivity index (χ4v) is 7.66. The van der Waals surface area contributed by atoms with E-state index >= 15 is 0 Å². The Morgan fingerprint density at radius 1 is 1.16 bits per heavy atom. The number of nitrogens with zero attached hydrogens (tertiary/aromatic N) is 1. The molecule has 9 N–H and O–H groups in total. The molecule has 5 atom stereocenters. The number of carbonyl (C=O) groups excluding carboxylic acids is 3. The molecule has 2 unspecified atom stereocenters. The van der Waals surface area contributed by atoms with E-state index in [-0.39, 0.29) is 53.3 Å². The Labute approximate surface area is 266 Å².